The zero-order valence-electron chi connectivity index (χ0n) is 18.3. The summed E-state index contributed by atoms with van der Waals surface area (Å²) < 4.78 is 14.6. The van der Waals surface area contributed by atoms with Crippen molar-refractivity contribution in [2.24, 2.45) is 11.8 Å². The normalized spacial score (nSPS) is 19.4. The molecule has 0 spiro atoms. The predicted molar refractivity (Wildman–Crippen MR) is 119 cm³/mol. The lowest BCUT2D eigenvalue weighted by atomic mass is 9.78. The monoisotopic (exact) mass is 396 g/mol. The summed E-state index contributed by atoms with van der Waals surface area (Å²) in [4.78, 5) is 8.65. The predicted octanol–water partition coefficient (Wildman–Crippen LogP) is 7.55. The van der Waals surface area contributed by atoms with Crippen molar-refractivity contribution in [1.29, 1.82) is 0 Å². The van der Waals surface area contributed by atoms with Gasteiger partial charge in [0.2, 0.25) is 5.95 Å². The molecule has 0 aliphatic heterocycles. The largest absolute Gasteiger partial charge is 0.241 e. The maximum absolute atomic E-state index is 14.6. The summed E-state index contributed by atoms with van der Waals surface area (Å²) in [7, 11) is 0. The Morgan fingerprint density at radius 3 is 2.17 bits per heavy atom. The molecule has 0 atom stereocenters. The van der Waals surface area contributed by atoms with E-state index in [-0.39, 0.29) is 0 Å². The number of benzene rings is 1. The first-order chi connectivity index (χ1) is 14.2. The number of halogens is 1. The molecule has 0 radical (unpaired) electrons. The molecule has 1 aromatic carbocycles. The Kier molecular flexibility index (Phi) is 8.64. The SMILES string of the molecule is CCCCC[C@H]1CC[C@H](CCc2ncc(-c3ccc(CCC)cc3)c(F)n2)CC1. The fraction of sp³-hybridized carbons (Fsp3) is 0.615. The van der Waals surface area contributed by atoms with Crippen LogP contribution < -0.4 is 0 Å². The third kappa shape index (κ3) is 6.62. The summed E-state index contributed by atoms with van der Waals surface area (Å²) in [6.45, 7) is 4.44. The van der Waals surface area contributed by atoms with Crippen molar-refractivity contribution in [3.63, 3.8) is 0 Å². The third-order valence-electron chi connectivity index (χ3n) is 6.55. The Morgan fingerprint density at radius 2 is 1.55 bits per heavy atom. The van der Waals surface area contributed by atoms with Gasteiger partial charge in [0.15, 0.2) is 0 Å². The Morgan fingerprint density at radius 1 is 0.862 bits per heavy atom. The summed E-state index contributed by atoms with van der Waals surface area (Å²) in [6, 6.07) is 8.10. The molecule has 1 fully saturated rings. The molecule has 0 amide bonds. The fourth-order valence-electron chi connectivity index (χ4n) is 4.67. The summed E-state index contributed by atoms with van der Waals surface area (Å²) in [6.07, 6.45) is 16.6. The maximum Gasteiger partial charge on any atom is 0.224 e. The molecule has 1 aliphatic rings. The van der Waals surface area contributed by atoms with Crippen LogP contribution in [0.5, 0.6) is 0 Å². The van der Waals surface area contributed by atoms with Gasteiger partial charge >= 0.3 is 0 Å². The molecule has 0 unspecified atom stereocenters. The van der Waals surface area contributed by atoms with Crippen LogP contribution in [-0.2, 0) is 12.8 Å². The van der Waals surface area contributed by atoms with Gasteiger partial charge in [0.05, 0.1) is 5.56 Å². The first kappa shape index (κ1) is 21.9. The standard InChI is InChI=1S/C26H37FN2/c1-3-5-6-8-21-9-11-22(12-10-21)15-18-25-28-19-24(26(27)29-25)23-16-13-20(7-4-2)14-17-23/h13-14,16-17,19,21-22H,3-12,15,18H2,1-2H3/t21-,22-. The van der Waals surface area contributed by atoms with E-state index >= 15 is 0 Å². The van der Waals surface area contributed by atoms with Crippen LogP contribution in [0.1, 0.15) is 89.4 Å². The van der Waals surface area contributed by atoms with E-state index in [1.165, 1.54) is 56.9 Å². The van der Waals surface area contributed by atoms with Gasteiger partial charge in [-0.2, -0.15) is 4.39 Å². The molecule has 3 heteroatoms. The van der Waals surface area contributed by atoms with Gasteiger partial charge in [0.1, 0.15) is 5.82 Å². The summed E-state index contributed by atoms with van der Waals surface area (Å²) in [5.74, 6) is 1.96. The van der Waals surface area contributed by atoms with Gasteiger partial charge < -0.3 is 0 Å². The molecule has 1 heterocycles. The number of unbranched alkanes of at least 4 members (excludes halogenated alkanes) is 2. The molecule has 0 bridgehead atoms. The van der Waals surface area contributed by atoms with E-state index in [1.54, 1.807) is 6.20 Å². The average molecular weight is 397 g/mol. The van der Waals surface area contributed by atoms with Crippen LogP contribution in [-0.4, -0.2) is 9.97 Å². The molecule has 2 nitrogen and oxygen atoms in total. The molecule has 0 saturated heterocycles. The molecule has 3 rings (SSSR count). The molecule has 0 N–H and O–H groups in total. The van der Waals surface area contributed by atoms with Crippen LogP contribution in [0.3, 0.4) is 0 Å². The van der Waals surface area contributed by atoms with Crippen LogP contribution in [0.2, 0.25) is 0 Å². The van der Waals surface area contributed by atoms with Crippen molar-refractivity contribution in [2.45, 2.75) is 90.9 Å². The lowest BCUT2D eigenvalue weighted by Crippen LogP contribution is -2.15. The van der Waals surface area contributed by atoms with Crippen molar-refractivity contribution in [3.05, 3.63) is 47.8 Å². The van der Waals surface area contributed by atoms with E-state index in [4.69, 9.17) is 0 Å². The lowest BCUT2D eigenvalue weighted by Gasteiger charge is -2.28. The first-order valence-electron chi connectivity index (χ1n) is 11.8. The molecular formula is C26H37FN2. The van der Waals surface area contributed by atoms with E-state index in [9.17, 15) is 4.39 Å². The highest BCUT2D eigenvalue weighted by molar-refractivity contribution is 5.62. The molecule has 1 saturated carbocycles. The minimum atomic E-state index is -0.391. The summed E-state index contributed by atoms with van der Waals surface area (Å²) in [5, 5.41) is 0. The van der Waals surface area contributed by atoms with Gasteiger partial charge in [-0.3, -0.25) is 0 Å². The number of hydrogen-bond donors (Lipinski definition) is 0. The van der Waals surface area contributed by atoms with Gasteiger partial charge in [0.25, 0.3) is 0 Å². The van der Waals surface area contributed by atoms with Crippen LogP contribution in [0.25, 0.3) is 11.1 Å². The second-order valence-corrected chi connectivity index (χ2v) is 8.86. The molecule has 2 aromatic rings. The Bertz CT molecular complexity index is 733. The third-order valence-corrected chi connectivity index (χ3v) is 6.55. The van der Waals surface area contributed by atoms with E-state index in [2.05, 4.69) is 35.9 Å². The molecule has 158 valence electrons. The maximum atomic E-state index is 14.6. The average Bonchev–Trinajstić information content (AvgIpc) is 2.74. The van der Waals surface area contributed by atoms with Crippen LogP contribution in [0.15, 0.2) is 30.5 Å². The van der Waals surface area contributed by atoms with Gasteiger partial charge in [-0.15, -0.1) is 0 Å². The summed E-state index contributed by atoms with van der Waals surface area (Å²) in [5.41, 5.74) is 2.65. The first-order valence-corrected chi connectivity index (χ1v) is 11.8. The molecule has 29 heavy (non-hydrogen) atoms. The Balaban J connectivity index is 1.48. The van der Waals surface area contributed by atoms with E-state index in [0.29, 0.717) is 11.4 Å². The quantitative estimate of drug-likeness (QED) is 0.306. The lowest BCUT2D eigenvalue weighted by molar-refractivity contribution is 0.248. The molecular weight excluding hydrogens is 359 g/mol. The van der Waals surface area contributed by atoms with Crippen LogP contribution >= 0.6 is 0 Å². The van der Waals surface area contributed by atoms with Gasteiger partial charge in [-0.05, 0) is 35.8 Å². The van der Waals surface area contributed by atoms with Crippen molar-refractivity contribution in [3.8, 4) is 11.1 Å². The van der Waals surface area contributed by atoms with E-state index < -0.39 is 5.95 Å². The zero-order chi connectivity index (χ0) is 20.5. The van der Waals surface area contributed by atoms with E-state index in [0.717, 1.165) is 43.1 Å². The molecule has 1 aliphatic carbocycles. The minimum Gasteiger partial charge on any atom is -0.241 e. The second kappa shape index (κ2) is 11.4. The van der Waals surface area contributed by atoms with Crippen molar-refractivity contribution < 1.29 is 4.39 Å². The van der Waals surface area contributed by atoms with Gasteiger partial charge in [-0.25, -0.2) is 9.97 Å². The Hall–Kier alpha value is -1.77. The summed E-state index contributed by atoms with van der Waals surface area (Å²) >= 11 is 0. The zero-order valence-corrected chi connectivity index (χ0v) is 18.3. The second-order valence-electron chi connectivity index (χ2n) is 8.86. The van der Waals surface area contributed by atoms with Crippen LogP contribution in [0.4, 0.5) is 4.39 Å². The number of hydrogen-bond acceptors (Lipinski definition) is 2. The van der Waals surface area contributed by atoms with Gasteiger partial charge in [-0.1, -0.05) is 95.9 Å². The number of aryl methyl sites for hydroxylation is 2. The molecule has 1 aromatic heterocycles. The van der Waals surface area contributed by atoms with Crippen molar-refractivity contribution in [2.75, 3.05) is 0 Å². The highest BCUT2D eigenvalue weighted by Gasteiger charge is 2.21. The van der Waals surface area contributed by atoms with Crippen molar-refractivity contribution >= 4 is 0 Å². The number of aromatic nitrogens is 2. The fourth-order valence-corrected chi connectivity index (χ4v) is 4.67. The minimum absolute atomic E-state index is 0.391. The van der Waals surface area contributed by atoms with Gasteiger partial charge in [0, 0.05) is 12.6 Å². The number of nitrogens with zero attached hydrogens (tertiary/aromatic N) is 2. The topological polar surface area (TPSA) is 25.8 Å². The highest BCUT2D eigenvalue weighted by atomic mass is 19.1. The number of rotatable bonds is 10. The Labute approximate surface area is 176 Å². The van der Waals surface area contributed by atoms with Crippen LogP contribution in [0, 0.1) is 17.8 Å². The van der Waals surface area contributed by atoms with Crippen molar-refractivity contribution in [1.82, 2.24) is 9.97 Å². The smallest absolute Gasteiger partial charge is 0.224 e. The van der Waals surface area contributed by atoms with E-state index in [1.807, 2.05) is 12.1 Å². The highest BCUT2D eigenvalue weighted by Crippen LogP contribution is 2.34.